The predicted octanol–water partition coefficient (Wildman–Crippen LogP) is 1.75. The first kappa shape index (κ1) is 14.7. The summed E-state index contributed by atoms with van der Waals surface area (Å²) in [6, 6.07) is 6.38. The van der Waals surface area contributed by atoms with E-state index in [0.29, 0.717) is 42.5 Å². The van der Waals surface area contributed by atoms with Crippen LogP contribution in [0.1, 0.15) is 12.3 Å². The monoisotopic (exact) mass is 303 g/mol. The number of amides is 1. The molecule has 1 aromatic heterocycles. The predicted molar refractivity (Wildman–Crippen MR) is 79.6 cm³/mol. The highest BCUT2D eigenvalue weighted by molar-refractivity contribution is 5.76. The van der Waals surface area contributed by atoms with Crippen molar-refractivity contribution in [2.45, 2.75) is 12.8 Å². The molecule has 1 amide bonds. The molecular weight excluding hydrogens is 285 g/mol. The van der Waals surface area contributed by atoms with Crippen molar-refractivity contribution in [1.82, 2.24) is 15.6 Å². The maximum atomic E-state index is 13.7. The standard InChI is InChI=1S/C16H18FN3O2/c17-13-4-2-1-3-12(13)14-10-20-16(22-14)6-5-15(21)19-9-11-7-18-8-11/h1-4,10-11,18H,5-9H2,(H,19,21). The molecule has 22 heavy (non-hydrogen) atoms. The zero-order chi connectivity index (χ0) is 15.4. The molecule has 2 N–H and O–H groups in total. The Morgan fingerprint density at radius 1 is 1.41 bits per heavy atom. The average molecular weight is 303 g/mol. The fourth-order valence-corrected chi connectivity index (χ4v) is 2.27. The van der Waals surface area contributed by atoms with E-state index in [-0.39, 0.29) is 11.7 Å². The summed E-state index contributed by atoms with van der Waals surface area (Å²) in [5.74, 6) is 1.00. The van der Waals surface area contributed by atoms with Crippen LogP contribution >= 0.6 is 0 Å². The minimum atomic E-state index is -0.350. The van der Waals surface area contributed by atoms with Gasteiger partial charge in [-0.3, -0.25) is 4.79 Å². The molecule has 3 rings (SSSR count). The van der Waals surface area contributed by atoms with Gasteiger partial charge in [-0.05, 0) is 12.1 Å². The number of aryl methyl sites for hydroxylation is 1. The first-order chi connectivity index (χ1) is 10.7. The van der Waals surface area contributed by atoms with Crippen LogP contribution in [-0.2, 0) is 11.2 Å². The van der Waals surface area contributed by atoms with Crippen LogP contribution in [0.25, 0.3) is 11.3 Å². The van der Waals surface area contributed by atoms with Gasteiger partial charge in [0.2, 0.25) is 5.91 Å². The molecule has 1 aliphatic heterocycles. The molecule has 2 aromatic rings. The van der Waals surface area contributed by atoms with Crippen molar-refractivity contribution < 1.29 is 13.6 Å². The molecular formula is C16H18FN3O2. The van der Waals surface area contributed by atoms with Crippen LogP contribution in [0.15, 0.2) is 34.9 Å². The lowest BCUT2D eigenvalue weighted by Gasteiger charge is -2.27. The van der Waals surface area contributed by atoms with E-state index in [0.717, 1.165) is 13.1 Å². The normalized spacial score (nSPS) is 14.6. The zero-order valence-electron chi connectivity index (χ0n) is 12.1. The molecule has 6 heteroatoms. The zero-order valence-corrected chi connectivity index (χ0v) is 12.1. The van der Waals surface area contributed by atoms with E-state index >= 15 is 0 Å². The molecule has 0 bridgehead atoms. The van der Waals surface area contributed by atoms with E-state index in [1.165, 1.54) is 12.3 Å². The molecule has 0 aliphatic carbocycles. The molecule has 0 spiro atoms. The fourth-order valence-electron chi connectivity index (χ4n) is 2.27. The van der Waals surface area contributed by atoms with Crippen LogP contribution in [0, 0.1) is 11.7 Å². The molecule has 1 saturated heterocycles. The lowest BCUT2D eigenvalue weighted by molar-refractivity contribution is -0.121. The number of oxazole rings is 1. The van der Waals surface area contributed by atoms with E-state index in [2.05, 4.69) is 15.6 Å². The number of carbonyl (C=O) groups excluding carboxylic acids is 1. The number of nitrogens with one attached hydrogen (secondary N) is 2. The Bertz CT molecular complexity index is 652. The van der Waals surface area contributed by atoms with Crippen molar-refractivity contribution in [3.05, 3.63) is 42.2 Å². The second-order valence-corrected chi connectivity index (χ2v) is 5.43. The molecule has 5 nitrogen and oxygen atoms in total. The van der Waals surface area contributed by atoms with Crippen LogP contribution in [0.2, 0.25) is 0 Å². The van der Waals surface area contributed by atoms with E-state index in [4.69, 9.17) is 4.42 Å². The number of hydrogen-bond donors (Lipinski definition) is 2. The molecule has 2 heterocycles. The highest BCUT2D eigenvalue weighted by atomic mass is 19.1. The first-order valence-electron chi connectivity index (χ1n) is 7.39. The van der Waals surface area contributed by atoms with Gasteiger partial charge in [0.15, 0.2) is 11.7 Å². The topological polar surface area (TPSA) is 67.2 Å². The third-order valence-corrected chi connectivity index (χ3v) is 3.71. The summed E-state index contributed by atoms with van der Waals surface area (Å²) < 4.78 is 19.2. The number of halogens is 1. The summed E-state index contributed by atoms with van der Waals surface area (Å²) >= 11 is 0. The molecule has 1 aliphatic rings. The Morgan fingerprint density at radius 3 is 2.95 bits per heavy atom. The largest absolute Gasteiger partial charge is 0.441 e. The van der Waals surface area contributed by atoms with Crippen LogP contribution in [0.3, 0.4) is 0 Å². The van der Waals surface area contributed by atoms with Gasteiger partial charge < -0.3 is 15.1 Å². The molecule has 0 saturated carbocycles. The molecule has 1 aromatic carbocycles. The smallest absolute Gasteiger partial charge is 0.220 e. The van der Waals surface area contributed by atoms with Gasteiger partial charge >= 0.3 is 0 Å². The van der Waals surface area contributed by atoms with Crippen molar-refractivity contribution >= 4 is 5.91 Å². The van der Waals surface area contributed by atoms with Gasteiger partial charge in [-0.1, -0.05) is 12.1 Å². The number of aromatic nitrogens is 1. The Kier molecular flexibility index (Phi) is 4.48. The first-order valence-corrected chi connectivity index (χ1v) is 7.39. The SMILES string of the molecule is O=C(CCc1ncc(-c2ccccc2F)o1)NCC1CNC1. The Balaban J connectivity index is 1.51. The van der Waals surface area contributed by atoms with Crippen LogP contribution in [-0.4, -0.2) is 30.5 Å². The van der Waals surface area contributed by atoms with Crippen LogP contribution in [0.5, 0.6) is 0 Å². The lowest BCUT2D eigenvalue weighted by Crippen LogP contribution is -2.48. The highest BCUT2D eigenvalue weighted by Gasteiger charge is 2.17. The summed E-state index contributed by atoms with van der Waals surface area (Å²) in [4.78, 5) is 15.8. The Hall–Kier alpha value is -2.21. The quantitative estimate of drug-likeness (QED) is 0.853. The van der Waals surface area contributed by atoms with Gasteiger partial charge in [-0.25, -0.2) is 9.37 Å². The fraction of sp³-hybridized carbons (Fsp3) is 0.375. The van der Waals surface area contributed by atoms with E-state index < -0.39 is 0 Å². The lowest BCUT2D eigenvalue weighted by atomic mass is 10.0. The molecule has 0 radical (unpaired) electrons. The van der Waals surface area contributed by atoms with Crippen molar-refractivity contribution in [3.63, 3.8) is 0 Å². The minimum absolute atomic E-state index is 0.0162. The molecule has 116 valence electrons. The third-order valence-electron chi connectivity index (χ3n) is 3.71. The summed E-state index contributed by atoms with van der Waals surface area (Å²) in [7, 11) is 0. The Morgan fingerprint density at radius 2 is 2.23 bits per heavy atom. The molecule has 1 fully saturated rings. The number of carbonyl (C=O) groups is 1. The summed E-state index contributed by atoms with van der Waals surface area (Å²) in [5.41, 5.74) is 0.378. The van der Waals surface area contributed by atoms with Crippen LogP contribution in [0.4, 0.5) is 4.39 Å². The van der Waals surface area contributed by atoms with Crippen molar-refractivity contribution in [3.8, 4) is 11.3 Å². The maximum absolute atomic E-state index is 13.7. The number of hydrogen-bond acceptors (Lipinski definition) is 4. The maximum Gasteiger partial charge on any atom is 0.220 e. The van der Waals surface area contributed by atoms with Gasteiger partial charge in [0.05, 0.1) is 11.8 Å². The highest BCUT2D eigenvalue weighted by Crippen LogP contribution is 2.23. The third kappa shape index (κ3) is 3.51. The van der Waals surface area contributed by atoms with Gasteiger partial charge in [0, 0.05) is 38.4 Å². The number of benzene rings is 1. The Labute approximate surface area is 127 Å². The van der Waals surface area contributed by atoms with E-state index in [9.17, 15) is 9.18 Å². The van der Waals surface area contributed by atoms with Crippen LogP contribution < -0.4 is 10.6 Å². The molecule has 0 atom stereocenters. The van der Waals surface area contributed by atoms with E-state index in [1.54, 1.807) is 18.2 Å². The summed E-state index contributed by atoms with van der Waals surface area (Å²) in [5, 5.41) is 6.05. The summed E-state index contributed by atoms with van der Waals surface area (Å²) in [6.07, 6.45) is 2.21. The van der Waals surface area contributed by atoms with Gasteiger partial charge in [0.25, 0.3) is 0 Å². The van der Waals surface area contributed by atoms with E-state index in [1.807, 2.05) is 0 Å². The van der Waals surface area contributed by atoms with Gasteiger partial charge in [-0.2, -0.15) is 0 Å². The summed E-state index contributed by atoms with van der Waals surface area (Å²) in [6.45, 7) is 2.63. The second kappa shape index (κ2) is 6.70. The molecule has 0 unspecified atom stereocenters. The van der Waals surface area contributed by atoms with Crippen molar-refractivity contribution in [2.24, 2.45) is 5.92 Å². The van der Waals surface area contributed by atoms with Gasteiger partial charge in [-0.15, -0.1) is 0 Å². The van der Waals surface area contributed by atoms with Crippen molar-refractivity contribution in [2.75, 3.05) is 19.6 Å². The average Bonchev–Trinajstić information content (AvgIpc) is 2.93. The van der Waals surface area contributed by atoms with Crippen molar-refractivity contribution in [1.29, 1.82) is 0 Å². The second-order valence-electron chi connectivity index (χ2n) is 5.43. The minimum Gasteiger partial charge on any atom is -0.441 e. The number of rotatable bonds is 6. The number of nitrogens with zero attached hydrogens (tertiary/aromatic N) is 1. The van der Waals surface area contributed by atoms with Gasteiger partial charge in [0.1, 0.15) is 5.82 Å².